The molecule has 2 aliphatic heterocycles. The van der Waals surface area contributed by atoms with Crippen molar-refractivity contribution in [3.63, 3.8) is 0 Å². The number of likely N-dealkylation sites (tertiary alicyclic amines) is 1. The number of ether oxygens (including phenoxy) is 2. The van der Waals surface area contributed by atoms with Crippen LogP contribution in [0.3, 0.4) is 0 Å². The maximum Gasteiger partial charge on any atom is 0.231 e. The molecule has 1 aromatic heterocycles. The van der Waals surface area contributed by atoms with Crippen molar-refractivity contribution in [3.05, 3.63) is 41.7 Å². The number of carbonyl (C=O) groups excluding carboxylic acids is 1. The van der Waals surface area contributed by atoms with E-state index in [-0.39, 0.29) is 18.7 Å². The van der Waals surface area contributed by atoms with Crippen LogP contribution >= 0.6 is 0 Å². The molecule has 6 heteroatoms. The zero-order valence-electron chi connectivity index (χ0n) is 14.5. The van der Waals surface area contributed by atoms with Gasteiger partial charge in [-0.05, 0) is 49.4 Å². The Morgan fingerprint density at radius 1 is 1.32 bits per heavy atom. The largest absolute Gasteiger partial charge is 0.454 e. The van der Waals surface area contributed by atoms with Gasteiger partial charge in [-0.2, -0.15) is 5.10 Å². The Morgan fingerprint density at radius 3 is 3.04 bits per heavy atom. The number of amides is 1. The third-order valence-corrected chi connectivity index (χ3v) is 4.92. The lowest BCUT2D eigenvalue weighted by Gasteiger charge is -2.33. The Kier molecular flexibility index (Phi) is 4.34. The maximum atomic E-state index is 12.6. The van der Waals surface area contributed by atoms with Crippen molar-refractivity contribution in [1.29, 1.82) is 0 Å². The number of nitrogens with zero attached hydrogens (tertiary/aromatic N) is 3. The highest BCUT2D eigenvalue weighted by molar-refractivity contribution is 5.76. The lowest BCUT2D eigenvalue weighted by molar-refractivity contribution is -0.132. The van der Waals surface area contributed by atoms with Gasteiger partial charge in [0.2, 0.25) is 12.7 Å². The van der Waals surface area contributed by atoms with Crippen LogP contribution in [0.5, 0.6) is 11.5 Å². The van der Waals surface area contributed by atoms with Crippen molar-refractivity contribution >= 4 is 5.91 Å². The molecular weight excluding hydrogens is 318 g/mol. The summed E-state index contributed by atoms with van der Waals surface area (Å²) in [7, 11) is 0. The summed E-state index contributed by atoms with van der Waals surface area (Å²) < 4.78 is 12.7. The molecule has 4 rings (SSSR count). The van der Waals surface area contributed by atoms with Crippen LogP contribution in [0.15, 0.2) is 30.6 Å². The first-order valence-electron chi connectivity index (χ1n) is 8.86. The molecule has 6 nitrogen and oxygen atoms in total. The number of piperidine rings is 1. The highest BCUT2D eigenvalue weighted by atomic mass is 16.7. The average molecular weight is 341 g/mol. The summed E-state index contributed by atoms with van der Waals surface area (Å²) in [4.78, 5) is 14.6. The third-order valence-electron chi connectivity index (χ3n) is 4.92. The second-order valence-electron chi connectivity index (χ2n) is 6.82. The summed E-state index contributed by atoms with van der Waals surface area (Å²) in [6, 6.07) is 6.18. The molecule has 0 bridgehead atoms. The Morgan fingerprint density at radius 2 is 2.20 bits per heavy atom. The number of aryl methyl sites for hydroxylation is 2. The molecule has 132 valence electrons. The summed E-state index contributed by atoms with van der Waals surface area (Å²) in [6.07, 6.45) is 7.28. The van der Waals surface area contributed by atoms with E-state index in [1.54, 1.807) is 0 Å². The van der Waals surface area contributed by atoms with Gasteiger partial charge in [-0.3, -0.25) is 9.48 Å². The van der Waals surface area contributed by atoms with Crippen molar-refractivity contribution in [1.82, 2.24) is 14.7 Å². The third kappa shape index (κ3) is 3.48. The van der Waals surface area contributed by atoms with E-state index in [0.29, 0.717) is 6.42 Å². The van der Waals surface area contributed by atoms with Gasteiger partial charge < -0.3 is 14.4 Å². The Bertz CT molecular complexity index is 771. The van der Waals surface area contributed by atoms with Gasteiger partial charge in [0.25, 0.3) is 0 Å². The normalized spacial score (nSPS) is 19.2. The van der Waals surface area contributed by atoms with E-state index in [4.69, 9.17) is 9.47 Å². The predicted octanol–water partition coefficient (Wildman–Crippen LogP) is 2.72. The minimum atomic E-state index is 0.214. The molecule has 1 amide bonds. The molecule has 1 aromatic carbocycles. The molecule has 0 saturated carbocycles. The lowest BCUT2D eigenvalue weighted by atomic mass is 10.0. The molecule has 0 aliphatic carbocycles. The number of aromatic nitrogens is 2. The number of rotatable bonds is 4. The number of carbonyl (C=O) groups is 1. The number of hydrogen-bond acceptors (Lipinski definition) is 4. The second kappa shape index (κ2) is 6.78. The summed E-state index contributed by atoms with van der Waals surface area (Å²) in [6.45, 7) is 3.91. The van der Waals surface area contributed by atoms with E-state index in [9.17, 15) is 4.79 Å². The van der Waals surface area contributed by atoms with Gasteiger partial charge in [0.15, 0.2) is 11.5 Å². The van der Waals surface area contributed by atoms with Gasteiger partial charge in [-0.25, -0.2) is 0 Å². The van der Waals surface area contributed by atoms with Crippen LogP contribution in [0.25, 0.3) is 0 Å². The molecule has 1 unspecified atom stereocenters. The molecule has 25 heavy (non-hydrogen) atoms. The van der Waals surface area contributed by atoms with Crippen LogP contribution in [0.4, 0.5) is 0 Å². The fraction of sp³-hybridized carbons (Fsp3) is 0.474. The maximum absolute atomic E-state index is 12.6. The minimum Gasteiger partial charge on any atom is -0.454 e. The molecule has 0 radical (unpaired) electrons. The first kappa shape index (κ1) is 16.0. The highest BCUT2D eigenvalue weighted by Gasteiger charge is 2.25. The topological polar surface area (TPSA) is 56.6 Å². The molecule has 1 saturated heterocycles. The monoisotopic (exact) mass is 341 g/mol. The van der Waals surface area contributed by atoms with Gasteiger partial charge in [0.1, 0.15) is 0 Å². The van der Waals surface area contributed by atoms with E-state index >= 15 is 0 Å². The Labute approximate surface area is 147 Å². The van der Waals surface area contributed by atoms with Crippen LogP contribution in [0, 0.1) is 6.92 Å². The standard InChI is InChI=1S/C19H23N3O3/c1-14-10-20-22(11-14)16-3-2-8-21(12-16)19(23)7-5-15-4-6-17-18(9-15)25-13-24-17/h4,6,9-11,16H,2-3,5,7-8,12-13H2,1H3. The number of fused-ring (bicyclic) bond motifs is 1. The molecule has 2 aromatic rings. The van der Waals surface area contributed by atoms with E-state index in [0.717, 1.165) is 55.0 Å². The van der Waals surface area contributed by atoms with Crippen LogP contribution in [-0.2, 0) is 11.2 Å². The van der Waals surface area contributed by atoms with E-state index < -0.39 is 0 Å². The van der Waals surface area contributed by atoms with E-state index in [2.05, 4.69) is 11.3 Å². The van der Waals surface area contributed by atoms with Crippen molar-refractivity contribution in [2.75, 3.05) is 19.9 Å². The molecule has 0 spiro atoms. The highest BCUT2D eigenvalue weighted by Crippen LogP contribution is 2.33. The molecular formula is C19H23N3O3. The summed E-state index contributed by atoms with van der Waals surface area (Å²) >= 11 is 0. The van der Waals surface area contributed by atoms with Crippen LogP contribution in [0.2, 0.25) is 0 Å². The zero-order valence-corrected chi connectivity index (χ0v) is 14.5. The van der Waals surface area contributed by atoms with Crippen molar-refractivity contribution in [2.24, 2.45) is 0 Å². The Balaban J connectivity index is 1.34. The predicted molar refractivity (Wildman–Crippen MR) is 92.7 cm³/mol. The molecule has 0 N–H and O–H groups in total. The number of benzene rings is 1. The molecule has 2 aliphatic rings. The van der Waals surface area contributed by atoms with Crippen molar-refractivity contribution in [2.45, 2.75) is 38.6 Å². The first-order chi connectivity index (χ1) is 12.2. The molecule has 1 fully saturated rings. The van der Waals surface area contributed by atoms with Crippen LogP contribution in [0.1, 0.15) is 36.4 Å². The second-order valence-corrected chi connectivity index (χ2v) is 6.82. The molecule has 3 heterocycles. The van der Waals surface area contributed by atoms with Crippen LogP contribution < -0.4 is 9.47 Å². The molecule has 1 atom stereocenters. The quantitative estimate of drug-likeness (QED) is 0.858. The van der Waals surface area contributed by atoms with Crippen LogP contribution in [-0.4, -0.2) is 40.5 Å². The van der Waals surface area contributed by atoms with Crippen molar-refractivity contribution in [3.8, 4) is 11.5 Å². The number of hydrogen-bond donors (Lipinski definition) is 0. The van der Waals surface area contributed by atoms with Gasteiger partial charge in [-0.15, -0.1) is 0 Å². The van der Waals surface area contributed by atoms with E-state index in [1.165, 1.54) is 0 Å². The van der Waals surface area contributed by atoms with Gasteiger partial charge in [0.05, 0.1) is 12.2 Å². The fourth-order valence-corrected chi connectivity index (χ4v) is 3.54. The lowest BCUT2D eigenvalue weighted by Crippen LogP contribution is -2.40. The zero-order chi connectivity index (χ0) is 17.2. The first-order valence-corrected chi connectivity index (χ1v) is 8.86. The van der Waals surface area contributed by atoms with Gasteiger partial charge >= 0.3 is 0 Å². The van der Waals surface area contributed by atoms with Gasteiger partial charge in [0, 0.05) is 25.7 Å². The summed E-state index contributed by atoms with van der Waals surface area (Å²) in [5.74, 6) is 1.77. The summed E-state index contributed by atoms with van der Waals surface area (Å²) in [5, 5.41) is 4.41. The smallest absolute Gasteiger partial charge is 0.231 e. The SMILES string of the molecule is Cc1cnn(C2CCCN(C(=O)CCc3ccc4c(c3)OCO4)C2)c1. The van der Waals surface area contributed by atoms with Crippen molar-refractivity contribution < 1.29 is 14.3 Å². The summed E-state index contributed by atoms with van der Waals surface area (Å²) in [5.41, 5.74) is 2.26. The Hall–Kier alpha value is -2.50. The fourth-order valence-electron chi connectivity index (χ4n) is 3.54. The minimum absolute atomic E-state index is 0.214. The van der Waals surface area contributed by atoms with Gasteiger partial charge in [-0.1, -0.05) is 6.07 Å². The average Bonchev–Trinajstić information content (AvgIpc) is 3.28. The van der Waals surface area contributed by atoms with E-state index in [1.807, 2.05) is 40.9 Å².